The van der Waals surface area contributed by atoms with Crippen molar-refractivity contribution in [2.75, 3.05) is 27.3 Å². The first-order valence-electron chi connectivity index (χ1n) is 8.52. The average molecular weight is 469 g/mol. The molecule has 0 amide bonds. The highest BCUT2D eigenvalue weighted by molar-refractivity contribution is 14.0. The molecule has 0 aliphatic rings. The third kappa shape index (κ3) is 7.51. The van der Waals surface area contributed by atoms with E-state index in [1.165, 1.54) is 5.56 Å². The van der Waals surface area contributed by atoms with Crippen LogP contribution in [0.2, 0.25) is 0 Å². The standard InChI is InChI=1S/C20H27N3O2.HI/c1-16(17-9-5-4-6-10-17)23-20(21-2)22-13-8-14-25-19-12-7-11-18(15-19)24-3;/h4-7,9-12,15-16H,8,13-14H2,1-3H3,(H2,21,22,23);1H. The average Bonchev–Trinajstić information content (AvgIpc) is 2.67. The van der Waals surface area contributed by atoms with E-state index >= 15 is 0 Å². The molecule has 2 rings (SSSR count). The number of guanidine groups is 1. The molecule has 2 aromatic carbocycles. The lowest BCUT2D eigenvalue weighted by Crippen LogP contribution is -2.39. The SMILES string of the molecule is CN=C(NCCCOc1cccc(OC)c1)NC(C)c1ccccc1.I. The van der Waals surface area contributed by atoms with Crippen LogP contribution in [0.3, 0.4) is 0 Å². The molecule has 0 heterocycles. The van der Waals surface area contributed by atoms with Crippen molar-refractivity contribution < 1.29 is 9.47 Å². The highest BCUT2D eigenvalue weighted by Gasteiger charge is 2.06. The number of hydrogen-bond acceptors (Lipinski definition) is 3. The van der Waals surface area contributed by atoms with Crippen LogP contribution in [-0.2, 0) is 0 Å². The van der Waals surface area contributed by atoms with Crippen molar-refractivity contribution in [2.24, 2.45) is 4.99 Å². The number of hydrogen-bond donors (Lipinski definition) is 2. The van der Waals surface area contributed by atoms with Gasteiger partial charge in [0.05, 0.1) is 19.8 Å². The summed E-state index contributed by atoms with van der Waals surface area (Å²) in [5, 5.41) is 6.70. The molecule has 0 aliphatic carbocycles. The molecule has 142 valence electrons. The minimum atomic E-state index is 0. The highest BCUT2D eigenvalue weighted by Crippen LogP contribution is 2.18. The van der Waals surface area contributed by atoms with Crippen molar-refractivity contribution in [3.8, 4) is 11.5 Å². The number of rotatable bonds is 8. The van der Waals surface area contributed by atoms with Gasteiger partial charge in [-0.1, -0.05) is 36.4 Å². The summed E-state index contributed by atoms with van der Waals surface area (Å²) in [7, 11) is 3.43. The summed E-state index contributed by atoms with van der Waals surface area (Å²) < 4.78 is 10.9. The van der Waals surface area contributed by atoms with Crippen molar-refractivity contribution in [3.05, 3.63) is 60.2 Å². The predicted octanol–water partition coefficient (Wildman–Crippen LogP) is 4.01. The van der Waals surface area contributed by atoms with E-state index in [0.29, 0.717) is 6.61 Å². The van der Waals surface area contributed by atoms with Crippen molar-refractivity contribution in [1.29, 1.82) is 0 Å². The first kappa shape index (κ1) is 22.1. The fourth-order valence-electron chi connectivity index (χ4n) is 2.38. The normalized spacial score (nSPS) is 11.9. The third-order valence-electron chi connectivity index (χ3n) is 3.80. The van der Waals surface area contributed by atoms with Gasteiger partial charge in [-0.25, -0.2) is 0 Å². The maximum atomic E-state index is 5.73. The molecule has 26 heavy (non-hydrogen) atoms. The van der Waals surface area contributed by atoms with Gasteiger partial charge in [0.1, 0.15) is 11.5 Å². The lowest BCUT2D eigenvalue weighted by Gasteiger charge is -2.18. The maximum absolute atomic E-state index is 5.73. The summed E-state index contributed by atoms with van der Waals surface area (Å²) >= 11 is 0. The van der Waals surface area contributed by atoms with Crippen molar-refractivity contribution in [3.63, 3.8) is 0 Å². The van der Waals surface area contributed by atoms with E-state index in [0.717, 1.165) is 30.4 Å². The van der Waals surface area contributed by atoms with E-state index in [1.54, 1.807) is 14.2 Å². The van der Waals surface area contributed by atoms with Crippen molar-refractivity contribution in [1.82, 2.24) is 10.6 Å². The molecule has 2 aromatic rings. The van der Waals surface area contributed by atoms with Gasteiger partial charge in [-0.2, -0.15) is 0 Å². The first-order valence-corrected chi connectivity index (χ1v) is 8.52. The molecule has 1 atom stereocenters. The van der Waals surface area contributed by atoms with E-state index in [9.17, 15) is 0 Å². The summed E-state index contributed by atoms with van der Waals surface area (Å²) in [4.78, 5) is 4.27. The number of halogens is 1. The molecule has 0 saturated carbocycles. The topological polar surface area (TPSA) is 54.9 Å². The molecule has 0 fully saturated rings. The second-order valence-corrected chi connectivity index (χ2v) is 5.66. The van der Waals surface area contributed by atoms with E-state index < -0.39 is 0 Å². The van der Waals surface area contributed by atoms with Crippen molar-refractivity contribution in [2.45, 2.75) is 19.4 Å². The molecule has 1 unspecified atom stereocenters. The predicted molar refractivity (Wildman–Crippen MR) is 118 cm³/mol. The highest BCUT2D eigenvalue weighted by atomic mass is 127. The quantitative estimate of drug-likeness (QED) is 0.266. The lowest BCUT2D eigenvalue weighted by atomic mass is 10.1. The molecule has 0 radical (unpaired) electrons. The van der Waals surface area contributed by atoms with Gasteiger partial charge in [0.2, 0.25) is 0 Å². The molecule has 5 nitrogen and oxygen atoms in total. The summed E-state index contributed by atoms with van der Waals surface area (Å²) in [5.41, 5.74) is 1.23. The Balaban J connectivity index is 0.00000338. The third-order valence-corrected chi connectivity index (χ3v) is 3.80. The first-order chi connectivity index (χ1) is 12.2. The number of methoxy groups -OCH3 is 1. The van der Waals surface area contributed by atoms with Gasteiger partial charge in [0.15, 0.2) is 5.96 Å². The minimum absolute atomic E-state index is 0. The summed E-state index contributed by atoms with van der Waals surface area (Å²) in [6.45, 7) is 3.53. The zero-order chi connectivity index (χ0) is 17.9. The van der Waals surface area contributed by atoms with E-state index in [-0.39, 0.29) is 30.0 Å². The van der Waals surface area contributed by atoms with E-state index in [1.807, 2.05) is 42.5 Å². The number of nitrogens with zero attached hydrogens (tertiary/aromatic N) is 1. The largest absolute Gasteiger partial charge is 0.497 e. The van der Waals surface area contributed by atoms with Gasteiger partial charge in [-0.3, -0.25) is 4.99 Å². The minimum Gasteiger partial charge on any atom is -0.497 e. The number of nitrogens with one attached hydrogen (secondary N) is 2. The van der Waals surface area contributed by atoms with Gasteiger partial charge < -0.3 is 20.1 Å². The van der Waals surface area contributed by atoms with Crippen LogP contribution < -0.4 is 20.1 Å². The van der Waals surface area contributed by atoms with Gasteiger partial charge in [0.25, 0.3) is 0 Å². The molecule has 0 aliphatic heterocycles. The van der Waals surface area contributed by atoms with Crippen LogP contribution in [-0.4, -0.2) is 33.3 Å². The van der Waals surface area contributed by atoms with E-state index in [2.05, 4.69) is 34.7 Å². The maximum Gasteiger partial charge on any atom is 0.191 e. The van der Waals surface area contributed by atoms with Crippen LogP contribution in [0.1, 0.15) is 24.9 Å². The zero-order valence-corrected chi connectivity index (χ0v) is 17.9. The second kappa shape index (κ2) is 12.4. The monoisotopic (exact) mass is 469 g/mol. The van der Waals surface area contributed by atoms with Crippen LogP contribution in [0.5, 0.6) is 11.5 Å². The van der Waals surface area contributed by atoms with Gasteiger partial charge in [-0.05, 0) is 31.0 Å². The Morgan fingerprint density at radius 3 is 2.50 bits per heavy atom. The van der Waals surface area contributed by atoms with Gasteiger partial charge in [-0.15, -0.1) is 24.0 Å². The molecule has 0 saturated heterocycles. The summed E-state index contributed by atoms with van der Waals surface area (Å²) in [6, 6.07) is 18.1. The molecule has 6 heteroatoms. The van der Waals surface area contributed by atoms with Crippen LogP contribution in [0.4, 0.5) is 0 Å². The van der Waals surface area contributed by atoms with Crippen LogP contribution >= 0.6 is 24.0 Å². The molecule has 2 N–H and O–H groups in total. The fraction of sp³-hybridized carbons (Fsp3) is 0.350. The molecule has 0 spiro atoms. The number of benzene rings is 2. The Labute approximate surface area is 173 Å². The Bertz CT molecular complexity index is 665. The van der Waals surface area contributed by atoms with E-state index in [4.69, 9.17) is 9.47 Å². The fourth-order valence-corrected chi connectivity index (χ4v) is 2.38. The summed E-state index contributed by atoms with van der Waals surface area (Å²) in [5.74, 6) is 2.41. The molecular weight excluding hydrogens is 441 g/mol. The second-order valence-electron chi connectivity index (χ2n) is 5.66. The van der Waals surface area contributed by atoms with Crippen LogP contribution in [0.15, 0.2) is 59.6 Å². The Morgan fingerprint density at radius 2 is 1.81 bits per heavy atom. The molecular formula is C20H28IN3O2. The van der Waals surface area contributed by atoms with Gasteiger partial charge in [0, 0.05) is 19.7 Å². The van der Waals surface area contributed by atoms with Crippen molar-refractivity contribution >= 4 is 29.9 Å². The van der Waals surface area contributed by atoms with Gasteiger partial charge >= 0.3 is 0 Å². The van der Waals surface area contributed by atoms with Crippen LogP contribution in [0, 0.1) is 0 Å². The zero-order valence-electron chi connectivity index (χ0n) is 15.6. The molecule has 0 bridgehead atoms. The number of ether oxygens (including phenoxy) is 2. The Hall–Kier alpha value is -1.96. The lowest BCUT2D eigenvalue weighted by molar-refractivity contribution is 0.308. The smallest absolute Gasteiger partial charge is 0.191 e. The van der Waals surface area contributed by atoms with Crippen LogP contribution in [0.25, 0.3) is 0 Å². The molecule has 0 aromatic heterocycles. The Morgan fingerprint density at radius 1 is 1.08 bits per heavy atom. The number of aliphatic imine (C=N–C) groups is 1. The summed E-state index contributed by atoms with van der Waals surface area (Å²) in [6.07, 6.45) is 0.873. The Kier molecular flexibility index (Phi) is 10.5.